The van der Waals surface area contributed by atoms with Gasteiger partial charge in [0.1, 0.15) is 5.75 Å². The Hall–Kier alpha value is -3.03. The number of anilines is 1. The normalized spacial score (nSPS) is 11.3. The van der Waals surface area contributed by atoms with E-state index < -0.39 is 12.3 Å². The number of rotatable bonds is 6. The van der Waals surface area contributed by atoms with Crippen LogP contribution in [0.1, 0.15) is 5.56 Å². The van der Waals surface area contributed by atoms with Crippen LogP contribution in [0, 0.1) is 0 Å². The maximum atomic E-state index is 12.0. The second-order valence-corrected chi connectivity index (χ2v) is 4.54. The van der Waals surface area contributed by atoms with Crippen LogP contribution >= 0.6 is 0 Å². The lowest BCUT2D eigenvalue weighted by Gasteiger charge is -2.09. The first-order valence-electron chi connectivity index (χ1n) is 6.78. The van der Waals surface area contributed by atoms with Gasteiger partial charge in [0.15, 0.2) is 6.61 Å². The average molecular weight is 338 g/mol. The zero-order valence-corrected chi connectivity index (χ0v) is 12.3. The van der Waals surface area contributed by atoms with Crippen molar-refractivity contribution in [3.63, 3.8) is 0 Å². The van der Waals surface area contributed by atoms with Gasteiger partial charge in [0.2, 0.25) is 0 Å². The summed E-state index contributed by atoms with van der Waals surface area (Å²) in [6.45, 7) is -0.329. The van der Waals surface area contributed by atoms with Gasteiger partial charge in [-0.05, 0) is 29.8 Å². The molecule has 0 atom stereocenters. The van der Waals surface area contributed by atoms with Crippen molar-refractivity contribution in [3.05, 3.63) is 60.2 Å². The summed E-state index contributed by atoms with van der Waals surface area (Å²) in [5.74, 6) is -0.867. The van der Waals surface area contributed by atoms with E-state index in [1.165, 1.54) is 18.3 Å². The number of ether oxygens (including phenoxy) is 1. The van der Waals surface area contributed by atoms with Crippen molar-refractivity contribution < 1.29 is 27.5 Å². The minimum atomic E-state index is -4.75. The summed E-state index contributed by atoms with van der Waals surface area (Å²) in [7, 11) is 0. The smallest absolute Gasteiger partial charge is 0.406 e. The van der Waals surface area contributed by atoms with Crippen molar-refractivity contribution in [2.24, 2.45) is 5.16 Å². The Morgan fingerprint density at radius 2 is 1.75 bits per heavy atom. The highest BCUT2D eigenvalue weighted by atomic mass is 19.4. The predicted molar refractivity (Wildman–Crippen MR) is 81.7 cm³/mol. The van der Waals surface area contributed by atoms with Crippen LogP contribution in [0.15, 0.2) is 59.8 Å². The van der Waals surface area contributed by atoms with E-state index >= 15 is 0 Å². The Bertz CT molecular complexity index is 686. The van der Waals surface area contributed by atoms with Crippen LogP contribution in [0.25, 0.3) is 0 Å². The molecule has 5 nitrogen and oxygen atoms in total. The molecule has 8 heteroatoms. The number of halogens is 3. The molecule has 0 aliphatic rings. The molecule has 0 saturated heterocycles. The fourth-order valence-corrected chi connectivity index (χ4v) is 1.67. The van der Waals surface area contributed by atoms with Crippen molar-refractivity contribution >= 4 is 17.8 Å². The van der Waals surface area contributed by atoms with E-state index in [1.54, 1.807) is 0 Å². The standard InChI is InChI=1S/C16H13F3N2O3/c17-16(18,19)24-14-8-6-13(7-9-14)21-15(22)11-23-20-10-12-4-2-1-3-5-12/h1-10H,11H2,(H,21,22)/b20-10-. The van der Waals surface area contributed by atoms with Gasteiger partial charge in [0.25, 0.3) is 5.91 Å². The third kappa shape index (κ3) is 6.39. The highest BCUT2D eigenvalue weighted by Crippen LogP contribution is 2.23. The molecule has 126 valence electrons. The van der Waals surface area contributed by atoms with E-state index in [0.29, 0.717) is 5.69 Å². The lowest BCUT2D eigenvalue weighted by atomic mass is 10.2. The van der Waals surface area contributed by atoms with E-state index in [1.807, 2.05) is 30.3 Å². The number of nitrogens with zero attached hydrogens (tertiary/aromatic N) is 1. The Morgan fingerprint density at radius 1 is 1.08 bits per heavy atom. The van der Waals surface area contributed by atoms with Gasteiger partial charge in [-0.2, -0.15) is 0 Å². The lowest BCUT2D eigenvalue weighted by Crippen LogP contribution is -2.18. The molecule has 24 heavy (non-hydrogen) atoms. The molecule has 0 spiro atoms. The van der Waals surface area contributed by atoms with Crippen LogP contribution in [0.3, 0.4) is 0 Å². The number of hydrogen-bond acceptors (Lipinski definition) is 4. The number of hydrogen-bond donors (Lipinski definition) is 1. The third-order valence-electron chi connectivity index (χ3n) is 2.64. The van der Waals surface area contributed by atoms with Gasteiger partial charge < -0.3 is 14.9 Å². The van der Waals surface area contributed by atoms with Gasteiger partial charge in [-0.3, -0.25) is 4.79 Å². The van der Waals surface area contributed by atoms with Gasteiger partial charge in [0, 0.05) is 5.69 Å². The quantitative estimate of drug-likeness (QED) is 0.647. The van der Waals surface area contributed by atoms with Gasteiger partial charge in [-0.25, -0.2) is 0 Å². The van der Waals surface area contributed by atoms with Crippen LogP contribution < -0.4 is 10.1 Å². The second-order valence-electron chi connectivity index (χ2n) is 4.54. The highest BCUT2D eigenvalue weighted by molar-refractivity contribution is 5.91. The molecule has 0 saturated carbocycles. The highest BCUT2D eigenvalue weighted by Gasteiger charge is 2.30. The van der Waals surface area contributed by atoms with Crippen LogP contribution in [0.5, 0.6) is 5.75 Å². The molecule has 0 unspecified atom stereocenters. The fourth-order valence-electron chi connectivity index (χ4n) is 1.67. The van der Waals surface area contributed by atoms with Crippen LogP contribution in [0.2, 0.25) is 0 Å². The monoisotopic (exact) mass is 338 g/mol. The fraction of sp³-hybridized carbons (Fsp3) is 0.125. The first-order chi connectivity index (χ1) is 11.4. The van der Waals surface area contributed by atoms with E-state index in [4.69, 9.17) is 4.84 Å². The number of amides is 1. The SMILES string of the molecule is O=C(CO/N=C\c1ccccc1)Nc1ccc(OC(F)(F)F)cc1. The summed E-state index contributed by atoms with van der Waals surface area (Å²) in [6.07, 6.45) is -3.30. The summed E-state index contributed by atoms with van der Waals surface area (Å²) < 4.78 is 39.8. The first-order valence-corrected chi connectivity index (χ1v) is 6.78. The molecular weight excluding hydrogens is 325 g/mol. The Kier molecular flexibility index (Phi) is 5.78. The Labute approximate surface area is 135 Å². The number of carbonyl (C=O) groups excluding carboxylic acids is 1. The van der Waals surface area contributed by atoms with E-state index in [-0.39, 0.29) is 12.4 Å². The molecule has 2 aromatic carbocycles. The zero-order valence-electron chi connectivity index (χ0n) is 12.3. The summed E-state index contributed by atoms with van der Waals surface area (Å²) in [4.78, 5) is 16.5. The van der Waals surface area contributed by atoms with Crippen LogP contribution in [-0.2, 0) is 9.63 Å². The molecule has 0 aromatic heterocycles. The molecule has 2 rings (SSSR count). The topological polar surface area (TPSA) is 59.9 Å². The van der Waals surface area contributed by atoms with Gasteiger partial charge >= 0.3 is 6.36 Å². The molecule has 0 radical (unpaired) electrons. The van der Waals surface area contributed by atoms with E-state index in [2.05, 4.69) is 15.2 Å². The van der Waals surface area contributed by atoms with Crippen molar-refractivity contribution in [2.45, 2.75) is 6.36 Å². The van der Waals surface area contributed by atoms with Crippen LogP contribution in [0.4, 0.5) is 18.9 Å². The van der Waals surface area contributed by atoms with Gasteiger partial charge in [-0.15, -0.1) is 13.2 Å². The van der Waals surface area contributed by atoms with Crippen molar-refractivity contribution in [1.82, 2.24) is 0 Å². The molecule has 2 aromatic rings. The minimum absolute atomic E-state index is 0.310. The number of oxime groups is 1. The van der Waals surface area contributed by atoms with E-state index in [9.17, 15) is 18.0 Å². The number of nitrogens with one attached hydrogen (secondary N) is 1. The number of carbonyl (C=O) groups is 1. The summed E-state index contributed by atoms with van der Waals surface area (Å²) in [6, 6.07) is 13.9. The van der Waals surface area contributed by atoms with Crippen molar-refractivity contribution in [1.29, 1.82) is 0 Å². The lowest BCUT2D eigenvalue weighted by molar-refractivity contribution is -0.274. The number of alkyl halides is 3. The first kappa shape index (κ1) is 17.3. The van der Waals surface area contributed by atoms with Gasteiger partial charge in [0.05, 0.1) is 6.21 Å². The molecule has 0 heterocycles. The summed E-state index contributed by atoms with van der Waals surface area (Å²) >= 11 is 0. The number of benzene rings is 2. The molecule has 0 aliphatic heterocycles. The third-order valence-corrected chi connectivity index (χ3v) is 2.64. The maximum absolute atomic E-state index is 12.0. The molecule has 0 aliphatic carbocycles. The van der Waals surface area contributed by atoms with Crippen molar-refractivity contribution in [2.75, 3.05) is 11.9 Å². The zero-order chi connectivity index (χ0) is 17.4. The summed E-state index contributed by atoms with van der Waals surface area (Å²) in [5.41, 5.74) is 1.13. The largest absolute Gasteiger partial charge is 0.573 e. The van der Waals surface area contributed by atoms with Gasteiger partial charge in [-0.1, -0.05) is 35.5 Å². The maximum Gasteiger partial charge on any atom is 0.573 e. The van der Waals surface area contributed by atoms with Crippen molar-refractivity contribution in [3.8, 4) is 5.75 Å². The Morgan fingerprint density at radius 3 is 2.38 bits per heavy atom. The predicted octanol–water partition coefficient (Wildman–Crippen LogP) is 3.57. The Balaban J connectivity index is 1.77. The van der Waals surface area contributed by atoms with E-state index in [0.717, 1.165) is 17.7 Å². The molecule has 1 N–H and O–H groups in total. The minimum Gasteiger partial charge on any atom is -0.406 e. The molecule has 1 amide bonds. The summed E-state index contributed by atoms with van der Waals surface area (Å²) in [5, 5.41) is 6.10. The van der Waals surface area contributed by atoms with Crippen LogP contribution in [-0.4, -0.2) is 25.1 Å². The molecular formula is C16H13F3N2O3. The average Bonchev–Trinajstić information content (AvgIpc) is 2.53. The molecule has 0 bridgehead atoms. The second kappa shape index (κ2) is 8.00. The molecule has 0 fully saturated rings.